The van der Waals surface area contributed by atoms with E-state index in [0.29, 0.717) is 18.7 Å². The number of hydrogen-bond acceptors (Lipinski definition) is 2. The van der Waals surface area contributed by atoms with Crippen molar-refractivity contribution < 1.29 is 4.74 Å². The summed E-state index contributed by atoms with van der Waals surface area (Å²) in [6.45, 7) is 0.656. The first-order valence-electron chi connectivity index (χ1n) is 8.43. The highest BCUT2D eigenvalue weighted by Crippen LogP contribution is 2.44. The van der Waals surface area contributed by atoms with Crippen LogP contribution in [0.15, 0.2) is 54.6 Å². The van der Waals surface area contributed by atoms with Gasteiger partial charge < -0.3 is 10.1 Å². The van der Waals surface area contributed by atoms with Gasteiger partial charge in [-0.1, -0.05) is 54.1 Å². The van der Waals surface area contributed by atoms with E-state index in [1.54, 1.807) is 0 Å². The third-order valence-electron chi connectivity index (χ3n) is 5.22. The van der Waals surface area contributed by atoms with Gasteiger partial charge in [-0.15, -0.1) is 0 Å². The van der Waals surface area contributed by atoms with Crippen LogP contribution in [0.5, 0.6) is 0 Å². The third-order valence-corrected chi connectivity index (χ3v) is 5.47. The standard InChI is InChI=1S/C20H22ClNO/c21-17-8-6-16(7-9-17)20(12-18-10-11-19(13-20)22-18)23-14-15-4-2-1-3-5-15/h1-9,18-19,22H,10-14H2/t18-,19+,20?. The molecule has 1 N–H and O–H groups in total. The summed E-state index contributed by atoms with van der Waals surface area (Å²) >= 11 is 6.09. The van der Waals surface area contributed by atoms with Crippen molar-refractivity contribution in [2.75, 3.05) is 0 Å². The van der Waals surface area contributed by atoms with Gasteiger partial charge in [0, 0.05) is 17.1 Å². The number of ether oxygens (including phenoxy) is 1. The minimum Gasteiger partial charge on any atom is -0.365 e. The molecule has 0 amide bonds. The molecule has 0 spiro atoms. The molecule has 2 fully saturated rings. The van der Waals surface area contributed by atoms with Crippen LogP contribution < -0.4 is 5.32 Å². The Balaban J connectivity index is 1.62. The first-order chi connectivity index (χ1) is 11.2. The van der Waals surface area contributed by atoms with Gasteiger partial charge in [0.2, 0.25) is 0 Å². The normalized spacial score (nSPS) is 29.6. The molecule has 0 aliphatic carbocycles. The number of nitrogens with one attached hydrogen (secondary N) is 1. The minimum absolute atomic E-state index is 0.197. The molecule has 4 rings (SSSR count). The Morgan fingerprint density at radius 3 is 2.26 bits per heavy atom. The average Bonchev–Trinajstić information content (AvgIpc) is 2.93. The number of benzene rings is 2. The van der Waals surface area contributed by atoms with E-state index in [1.807, 2.05) is 18.2 Å². The predicted octanol–water partition coefficient (Wildman–Crippen LogP) is 4.67. The molecule has 0 aromatic heterocycles. The Bertz CT molecular complexity index is 643. The average molecular weight is 328 g/mol. The van der Waals surface area contributed by atoms with Gasteiger partial charge in [-0.05, 0) is 48.9 Å². The quantitative estimate of drug-likeness (QED) is 0.881. The molecule has 2 nitrogen and oxygen atoms in total. The van der Waals surface area contributed by atoms with Crippen LogP contribution in [-0.2, 0) is 16.9 Å². The van der Waals surface area contributed by atoms with Gasteiger partial charge in [-0.2, -0.15) is 0 Å². The van der Waals surface area contributed by atoms with E-state index >= 15 is 0 Å². The number of rotatable bonds is 4. The molecule has 3 heteroatoms. The van der Waals surface area contributed by atoms with Crippen LogP contribution >= 0.6 is 11.6 Å². The molecule has 2 aliphatic rings. The van der Waals surface area contributed by atoms with Crippen molar-refractivity contribution in [3.63, 3.8) is 0 Å². The molecular formula is C20H22ClNO. The summed E-state index contributed by atoms with van der Waals surface area (Å²) in [4.78, 5) is 0. The fourth-order valence-electron chi connectivity index (χ4n) is 4.09. The molecule has 2 aromatic rings. The largest absolute Gasteiger partial charge is 0.365 e. The van der Waals surface area contributed by atoms with Gasteiger partial charge in [0.1, 0.15) is 0 Å². The molecule has 2 bridgehead atoms. The lowest BCUT2D eigenvalue weighted by atomic mass is 9.81. The van der Waals surface area contributed by atoms with E-state index < -0.39 is 0 Å². The van der Waals surface area contributed by atoms with Gasteiger partial charge in [0.25, 0.3) is 0 Å². The molecule has 2 aromatic carbocycles. The van der Waals surface area contributed by atoms with Crippen molar-refractivity contribution >= 4 is 11.6 Å². The zero-order valence-electron chi connectivity index (χ0n) is 13.2. The number of fused-ring (bicyclic) bond motifs is 2. The van der Waals surface area contributed by atoms with Crippen LogP contribution in [0.3, 0.4) is 0 Å². The lowest BCUT2D eigenvalue weighted by molar-refractivity contribution is -0.0928. The Hall–Kier alpha value is -1.35. The highest BCUT2D eigenvalue weighted by molar-refractivity contribution is 6.30. The summed E-state index contributed by atoms with van der Waals surface area (Å²) in [7, 11) is 0. The van der Waals surface area contributed by atoms with E-state index in [0.717, 1.165) is 17.9 Å². The second-order valence-electron chi connectivity index (χ2n) is 6.82. The summed E-state index contributed by atoms with van der Waals surface area (Å²) in [6, 6.07) is 19.8. The van der Waals surface area contributed by atoms with Crippen molar-refractivity contribution in [2.24, 2.45) is 0 Å². The second kappa shape index (κ2) is 6.27. The zero-order valence-corrected chi connectivity index (χ0v) is 13.9. The van der Waals surface area contributed by atoms with E-state index in [2.05, 4.69) is 41.7 Å². The molecule has 2 heterocycles. The van der Waals surface area contributed by atoms with E-state index in [9.17, 15) is 0 Å². The van der Waals surface area contributed by atoms with Crippen LogP contribution in [-0.4, -0.2) is 12.1 Å². The van der Waals surface area contributed by atoms with E-state index in [4.69, 9.17) is 16.3 Å². The highest BCUT2D eigenvalue weighted by Gasteiger charge is 2.45. The Morgan fingerprint density at radius 2 is 1.61 bits per heavy atom. The van der Waals surface area contributed by atoms with Gasteiger partial charge in [0.05, 0.1) is 12.2 Å². The SMILES string of the molecule is Clc1ccc(C2(OCc3ccccc3)C[C@H]3CC[C@@H](C2)N3)cc1. The fraction of sp³-hybridized carbons (Fsp3) is 0.400. The fourth-order valence-corrected chi connectivity index (χ4v) is 4.22. The highest BCUT2D eigenvalue weighted by atomic mass is 35.5. The second-order valence-corrected chi connectivity index (χ2v) is 7.26. The number of hydrogen-bond donors (Lipinski definition) is 1. The minimum atomic E-state index is -0.197. The lowest BCUT2D eigenvalue weighted by Gasteiger charge is -2.41. The van der Waals surface area contributed by atoms with Crippen molar-refractivity contribution in [2.45, 2.75) is 50.0 Å². The molecule has 0 saturated carbocycles. The van der Waals surface area contributed by atoms with Gasteiger partial charge in [-0.3, -0.25) is 0 Å². The summed E-state index contributed by atoms with van der Waals surface area (Å²) < 4.78 is 6.58. The van der Waals surface area contributed by atoms with Crippen molar-refractivity contribution in [1.82, 2.24) is 5.32 Å². The van der Waals surface area contributed by atoms with Crippen molar-refractivity contribution in [3.05, 3.63) is 70.7 Å². The first kappa shape index (κ1) is 15.2. The third kappa shape index (κ3) is 3.16. The lowest BCUT2D eigenvalue weighted by Crippen LogP contribution is -2.48. The Morgan fingerprint density at radius 1 is 0.957 bits per heavy atom. The summed E-state index contributed by atoms with van der Waals surface area (Å²) in [5, 5.41) is 4.50. The number of piperidine rings is 1. The topological polar surface area (TPSA) is 21.3 Å². The zero-order chi connectivity index (χ0) is 15.7. The smallest absolute Gasteiger partial charge is 0.0965 e. The maximum absolute atomic E-state index is 6.58. The molecule has 3 atom stereocenters. The molecule has 2 aliphatic heterocycles. The maximum Gasteiger partial charge on any atom is 0.0965 e. The number of halogens is 1. The predicted molar refractivity (Wildman–Crippen MR) is 93.5 cm³/mol. The maximum atomic E-state index is 6.58. The molecule has 1 unspecified atom stereocenters. The molecule has 120 valence electrons. The summed E-state index contributed by atoms with van der Waals surface area (Å²) in [6.07, 6.45) is 4.60. The molecule has 0 radical (unpaired) electrons. The van der Waals surface area contributed by atoms with Gasteiger partial charge >= 0.3 is 0 Å². The van der Waals surface area contributed by atoms with Crippen molar-refractivity contribution in [1.29, 1.82) is 0 Å². The monoisotopic (exact) mass is 327 g/mol. The van der Waals surface area contributed by atoms with Crippen LogP contribution in [0, 0.1) is 0 Å². The molecule has 2 saturated heterocycles. The van der Waals surface area contributed by atoms with Crippen LogP contribution in [0.1, 0.15) is 36.8 Å². The van der Waals surface area contributed by atoms with Gasteiger partial charge in [0.15, 0.2) is 0 Å². The van der Waals surface area contributed by atoms with E-state index in [1.165, 1.54) is 24.0 Å². The van der Waals surface area contributed by atoms with Crippen molar-refractivity contribution in [3.8, 4) is 0 Å². The van der Waals surface area contributed by atoms with Crippen LogP contribution in [0.2, 0.25) is 5.02 Å². The molecule has 23 heavy (non-hydrogen) atoms. The summed E-state index contributed by atoms with van der Waals surface area (Å²) in [5.74, 6) is 0. The summed E-state index contributed by atoms with van der Waals surface area (Å²) in [5.41, 5.74) is 2.29. The Labute approximate surface area is 142 Å². The van der Waals surface area contributed by atoms with Crippen LogP contribution in [0.25, 0.3) is 0 Å². The molecular weight excluding hydrogens is 306 g/mol. The first-order valence-corrected chi connectivity index (χ1v) is 8.81. The Kier molecular flexibility index (Phi) is 4.14. The van der Waals surface area contributed by atoms with E-state index in [-0.39, 0.29) is 5.60 Å². The van der Waals surface area contributed by atoms with Crippen LogP contribution in [0.4, 0.5) is 0 Å². The van der Waals surface area contributed by atoms with Gasteiger partial charge in [-0.25, -0.2) is 0 Å².